The summed E-state index contributed by atoms with van der Waals surface area (Å²) in [5, 5.41) is 10.6. The maximum Gasteiger partial charge on any atom is 0.0658 e. The average molecular weight is 167 g/mol. The third kappa shape index (κ3) is 2.25. The van der Waals surface area contributed by atoms with Gasteiger partial charge >= 0.3 is 0 Å². The summed E-state index contributed by atoms with van der Waals surface area (Å²) in [5.74, 6) is 0. The Morgan fingerprint density at radius 1 is 1.58 bits per heavy atom. The fraction of sp³-hybridized carbons (Fsp3) is 0.500. The molecule has 0 saturated carbocycles. The van der Waals surface area contributed by atoms with Crippen molar-refractivity contribution in [2.24, 2.45) is 0 Å². The van der Waals surface area contributed by atoms with E-state index in [2.05, 4.69) is 15.5 Å². The van der Waals surface area contributed by atoms with Gasteiger partial charge in [-0.25, -0.2) is 0 Å². The molecule has 1 N–H and O–H groups in total. The van der Waals surface area contributed by atoms with Crippen molar-refractivity contribution in [3.8, 4) is 0 Å². The number of nitrogens with zero attached hydrogens (tertiary/aromatic N) is 2. The fourth-order valence-electron chi connectivity index (χ4n) is 1.02. The zero-order valence-electron chi connectivity index (χ0n) is 7.32. The van der Waals surface area contributed by atoms with Crippen molar-refractivity contribution in [3.63, 3.8) is 0 Å². The lowest BCUT2D eigenvalue weighted by molar-refractivity contribution is 0.170. The molecule has 0 aliphatic heterocycles. The number of nitrogens with one attached hydrogen (secondary N) is 1. The van der Waals surface area contributed by atoms with Gasteiger partial charge < -0.3 is 10.1 Å². The second-order valence-electron chi connectivity index (χ2n) is 2.47. The molecule has 0 amide bonds. The Balaban J connectivity index is 2.66. The number of methoxy groups -OCH3 is 1. The number of aromatic nitrogens is 2. The van der Waals surface area contributed by atoms with Crippen LogP contribution in [-0.2, 0) is 4.74 Å². The molecule has 0 bridgehead atoms. The molecule has 66 valence electrons. The fourth-order valence-corrected chi connectivity index (χ4v) is 1.02. The Morgan fingerprint density at radius 3 is 2.92 bits per heavy atom. The Bertz CT molecular complexity index is 215. The summed E-state index contributed by atoms with van der Waals surface area (Å²) in [6.45, 7) is 0.641. The van der Waals surface area contributed by atoms with Gasteiger partial charge in [0.1, 0.15) is 0 Å². The zero-order valence-corrected chi connectivity index (χ0v) is 7.32. The molecular weight excluding hydrogens is 154 g/mol. The van der Waals surface area contributed by atoms with E-state index in [4.69, 9.17) is 4.74 Å². The molecule has 0 aromatic carbocycles. The average Bonchev–Trinajstić information content (AvgIpc) is 2.15. The summed E-state index contributed by atoms with van der Waals surface area (Å²) in [6, 6.07) is 2.12. The SMILES string of the molecule is CNC(COC)c1ccnnc1. The van der Waals surface area contributed by atoms with Crippen LogP contribution >= 0.6 is 0 Å². The highest BCUT2D eigenvalue weighted by Crippen LogP contribution is 2.09. The first-order valence-electron chi connectivity index (χ1n) is 3.81. The normalized spacial score (nSPS) is 12.8. The van der Waals surface area contributed by atoms with E-state index in [1.807, 2.05) is 13.1 Å². The van der Waals surface area contributed by atoms with Crippen LogP contribution in [0, 0.1) is 0 Å². The Morgan fingerprint density at radius 2 is 2.42 bits per heavy atom. The third-order valence-corrected chi connectivity index (χ3v) is 1.69. The molecule has 1 unspecified atom stereocenters. The molecule has 1 atom stereocenters. The largest absolute Gasteiger partial charge is 0.383 e. The highest BCUT2D eigenvalue weighted by atomic mass is 16.5. The van der Waals surface area contributed by atoms with E-state index in [-0.39, 0.29) is 6.04 Å². The molecule has 0 aliphatic rings. The molecule has 12 heavy (non-hydrogen) atoms. The lowest BCUT2D eigenvalue weighted by atomic mass is 10.1. The monoisotopic (exact) mass is 167 g/mol. The quantitative estimate of drug-likeness (QED) is 0.704. The first kappa shape index (κ1) is 9.09. The van der Waals surface area contributed by atoms with Gasteiger partial charge in [-0.1, -0.05) is 0 Å². The van der Waals surface area contributed by atoms with Gasteiger partial charge in [-0.15, -0.1) is 0 Å². The van der Waals surface area contributed by atoms with Crippen molar-refractivity contribution in [2.75, 3.05) is 20.8 Å². The van der Waals surface area contributed by atoms with E-state index < -0.39 is 0 Å². The zero-order chi connectivity index (χ0) is 8.81. The van der Waals surface area contributed by atoms with E-state index in [9.17, 15) is 0 Å². The Hall–Kier alpha value is -1.00. The highest BCUT2D eigenvalue weighted by Gasteiger charge is 2.07. The Kier molecular flexibility index (Phi) is 3.63. The molecule has 0 saturated heterocycles. The maximum absolute atomic E-state index is 5.04. The molecule has 1 rings (SSSR count). The van der Waals surface area contributed by atoms with Crippen molar-refractivity contribution in [2.45, 2.75) is 6.04 Å². The molecule has 4 heteroatoms. The van der Waals surface area contributed by atoms with Crippen LogP contribution in [0.3, 0.4) is 0 Å². The van der Waals surface area contributed by atoms with Gasteiger partial charge in [-0.3, -0.25) is 0 Å². The molecule has 1 aromatic rings. The van der Waals surface area contributed by atoms with Crippen LogP contribution in [0.4, 0.5) is 0 Å². The van der Waals surface area contributed by atoms with Gasteiger partial charge in [-0.2, -0.15) is 10.2 Å². The molecule has 0 aliphatic carbocycles. The van der Waals surface area contributed by atoms with Crippen molar-refractivity contribution >= 4 is 0 Å². The van der Waals surface area contributed by atoms with E-state index in [0.717, 1.165) is 5.56 Å². The number of likely N-dealkylation sites (N-methyl/N-ethyl adjacent to an activating group) is 1. The summed E-state index contributed by atoms with van der Waals surface area (Å²) in [7, 11) is 3.57. The standard InChI is InChI=1S/C8H13N3O/c1-9-8(6-12-2)7-3-4-10-11-5-7/h3-5,8-9H,6H2,1-2H3. The summed E-state index contributed by atoms with van der Waals surface area (Å²) in [4.78, 5) is 0. The van der Waals surface area contributed by atoms with E-state index >= 15 is 0 Å². The van der Waals surface area contributed by atoms with E-state index in [1.165, 1.54) is 0 Å². The van der Waals surface area contributed by atoms with Crippen LogP contribution < -0.4 is 5.32 Å². The minimum Gasteiger partial charge on any atom is -0.383 e. The van der Waals surface area contributed by atoms with Gasteiger partial charge in [0, 0.05) is 13.3 Å². The van der Waals surface area contributed by atoms with E-state index in [0.29, 0.717) is 6.61 Å². The first-order chi connectivity index (χ1) is 5.88. The molecular formula is C8H13N3O. The molecule has 1 heterocycles. The second kappa shape index (κ2) is 4.79. The van der Waals surface area contributed by atoms with Crippen LogP contribution in [0.25, 0.3) is 0 Å². The summed E-state index contributed by atoms with van der Waals surface area (Å²) >= 11 is 0. The minimum atomic E-state index is 0.200. The smallest absolute Gasteiger partial charge is 0.0658 e. The summed E-state index contributed by atoms with van der Waals surface area (Å²) in [6.07, 6.45) is 3.41. The van der Waals surface area contributed by atoms with E-state index in [1.54, 1.807) is 19.5 Å². The van der Waals surface area contributed by atoms with Crippen LogP contribution in [0.15, 0.2) is 18.5 Å². The van der Waals surface area contributed by atoms with Gasteiger partial charge in [0.05, 0.1) is 18.8 Å². The summed E-state index contributed by atoms with van der Waals surface area (Å²) in [5.41, 5.74) is 1.09. The number of ether oxygens (including phenoxy) is 1. The Labute approximate surface area is 72.0 Å². The van der Waals surface area contributed by atoms with Crippen LogP contribution in [0.5, 0.6) is 0 Å². The lowest BCUT2D eigenvalue weighted by Crippen LogP contribution is -2.21. The molecule has 4 nitrogen and oxygen atoms in total. The lowest BCUT2D eigenvalue weighted by Gasteiger charge is -2.13. The molecule has 0 spiro atoms. The predicted octanol–water partition coefficient (Wildman–Crippen LogP) is 0.383. The van der Waals surface area contributed by atoms with Gasteiger partial charge in [-0.05, 0) is 18.7 Å². The number of rotatable bonds is 4. The topological polar surface area (TPSA) is 47.0 Å². The molecule has 1 aromatic heterocycles. The van der Waals surface area contributed by atoms with Crippen molar-refractivity contribution in [1.82, 2.24) is 15.5 Å². The van der Waals surface area contributed by atoms with Gasteiger partial charge in [0.2, 0.25) is 0 Å². The van der Waals surface area contributed by atoms with Crippen LogP contribution in [-0.4, -0.2) is 31.0 Å². The second-order valence-corrected chi connectivity index (χ2v) is 2.47. The van der Waals surface area contributed by atoms with Crippen LogP contribution in [0.1, 0.15) is 11.6 Å². The number of hydrogen-bond acceptors (Lipinski definition) is 4. The highest BCUT2D eigenvalue weighted by molar-refractivity contribution is 5.11. The van der Waals surface area contributed by atoms with Crippen LogP contribution in [0.2, 0.25) is 0 Å². The third-order valence-electron chi connectivity index (χ3n) is 1.69. The van der Waals surface area contributed by atoms with Crippen molar-refractivity contribution in [3.05, 3.63) is 24.0 Å². The number of hydrogen-bond donors (Lipinski definition) is 1. The van der Waals surface area contributed by atoms with Gasteiger partial charge in [0.25, 0.3) is 0 Å². The van der Waals surface area contributed by atoms with Crippen molar-refractivity contribution < 1.29 is 4.74 Å². The maximum atomic E-state index is 5.04. The van der Waals surface area contributed by atoms with Gasteiger partial charge in [0.15, 0.2) is 0 Å². The predicted molar refractivity (Wildman–Crippen MR) is 45.7 cm³/mol. The van der Waals surface area contributed by atoms with Crippen molar-refractivity contribution in [1.29, 1.82) is 0 Å². The first-order valence-corrected chi connectivity index (χ1v) is 3.81. The molecule has 0 fully saturated rings. The molecule has 0 radical (unpaired) electrons. The summed E-state index contributed by atoms with van der Waals surface area (Å²) < 4.78 is 5.04. The minimum absolute atomic E-state index is 0.200.